The van der Waals surface area contributed by atoms with Crippen LogP contribution in [0.4, 0.5) is 0 Å². The number of hydrogen-bond donors (Lipinski definition) is 20. The van der Waals surface area contributed by atoms with Crippen molar-refractivity contribution in [1.82, 2.24) is 0 Å². The molecule has 0 unspecified atom stereocenters. The van der Waals surface area contributed by atoms with Gasteiger partial charge in [0.15, 0.2) is 11.5 Å². The van der Waals surface area contributed by atoms with Crippen LogP contribution in [0.15, 0.2) is 259 Å². The largest absolute Gasteiger partial charge is 0.508 e. The zero-order chi connectivity index (χ0) is 63.1. The van der Waals surface area contributed by atoms with Crippen LogP contribution in [0.25, 0.3) is 0 Å². The summed E-state index contributed by atoms with van der Waals surface area (Å²) >= 11 is 28.4. The summed E-state index contributed by atoms with van der Waals surface area (Å²) < 4.78 is 4.76. The highest BCUT2D eigenvalue weighted by Gasteiger charge is 1.99. The van der Waals surface area contributed by atoms with Gasteiger partial charge in [-0.2, -0.15) is 0 Å². The molecule has 0 saturated heterocycles. The Morgan fingerprint density at radius 1 is 0.250 bits per heavy atom. The minimum Gasteiger partial charge on any atom is -0.508 e. The number of ether oxygens (including phenoxy) is 1. The highest BCUT2D eigenvalue weighted by atomic mass is 32.1. The third-order valence-electron chi connectivity index (χ3n) is 9.41. The lowest BCUT2D eigenvalue weighted by molar-refractivity contribution is 0.398. The van der Waals surface area contributed by atoms with Crippen LogP contribution in [-0.2, 0) is 0 Å². The molecule has 0 radical (unpaired) electrons. The zero-order valence-corrected chi connectivity index (χ0v) is 51.5. The molecule has 14 nitrogen and oxygen atoms in total. The van der Waals surface area contributed by atoms with Crippen LogP contribution in [0, 0.1) is 13.8 Å². The fourth-order valence-electron chi connectivity index (χ4n) is 5.31. The number of rotatable bonds is 1. The van der Waals surface area contributed by atoms with E-state index in [1.807, 2.05) is 60.7 Å². The number of methoxy groups -OCH3 is 1. The van der Waals surface area contributed by atoms with E-state index in [9.17, 15) is 0 Å². The first-order chi connectivity index (χ1) is 39.7. The summed E-state index contributed by atoms with van der Waals surface area (Å²) in [5.74, 6) is 1.87. The molecule has 84 heavy (non-hydrogen) atoms. The third-order valence-corrected chi connectivity index (χ3v) is 11.5. The van der Waals surface area contributed by atoms with E-state index in [2.05, 4.69) is 88.4 Å². The fraction of sp³-hybridized carbons (Fsp3) is 0.0476. The predicted molar refractivity (Wildman–Crippen MR) is 353 cm³/mol. The van der Waals surface area contributed by atoms with Gasteiger partial charge in [0, 0.05) is 64.1 Å². The molecule has 0 atom stereocenters. The summed E-state index contributed by atoms with van der Waals surface area (Å²) in [5, 5.41) is 114. The topological polar surface area (TPSA) is 272 Å². The van der Waals surface area contributed by atoms with Crippen molar-refractivity contribution in [2.75, 3.05) is 7.11 Å². The number of thiol groups is 7. The van der Waals surface area contributed by atoms with Gasteiger partial charge >= 0.3 is 0 Å². The third kappa shape index (κ3) is 36.3. The molecule has 0 amide bonds. The second-order valence-corrected chi connectivity index (χ2v) is 20.0. The van der Waals surface area contributed by atoms with Crippen molar-refractivity contribution >= 4 is 88.4 Å². The van der Waals surface area contributed by atoms with Gasteiger partial charge in [-0.15, -0.1) is 88.4 Å². The van der Waals surface area contributed by atoms with E-state index in [0.717, 1.165) is 34.9 Å². The molecule has 0 heterocycles. The SMILES string of the molecule is COc1cc(O)cc(O)c1.Cc1c(O)cccc1O.Cc1cc(O)cc(O)c1.Oc1ccc(O)cc1.Oc1ccc(S)cc1.Oc1cccc(S)c1.Oc1ccccc1O.Oc1ccccc1S.Sc1ccc(S)cc1.Sc1cccc(S)c1. The second kappa shape index (κ2) is 41.8. The van der Waals surface area contributed by atoms with Crippen LogP contribution < -0.4 is 4.74 Å². The number of benzene rings is 10. The van der Waals surface area contributed by atoms with E-state index in [1.165, 1.54) is 79.9 Å². The molecule has 0 spiro atoms. The average molecular weight is 1270 g/mol. The molecule has 444 valence electrons. The Hall–Kier alpha value is -8.15. The number of phenolic OH excluding ortho intramolecular Hbond substituents is 13. The summed E-state index contributed by atoms with van der Waals surface area (Å²) in [6, 6.07) is 60.7. The van der Waals surface area contributed by atoms with Gasteiger partial charge in [-0.1, -0.05) is 42.5 Å². The quantitative estimate of drug-likeness (QED) is 0.0414. The van der Waals surface area contributed by atoms with Crippen molar-refractivity contribution in [1.29, 1.82) is 0 Å². The van der Waals surface area contributed by atoms with Gasteiger partial charge in [-0.3, -0.25) is 0 Å². The molecule has 10 aromatic carbocycles. The Bertz CT molecular complexity index is 3010. The number of aryl methyl sites for hydroxylation is 1. The molecule has 0 aliphatic carbocycles. The van der Waals surface area contributed by atoms with Crippen molar-refractivity contribution in [3.63, 3.8) is 0 Å². The van der Waals surface area contributed by atoms with E-state index in [-0.39, 0.29) is 74.7 Å². The average Bonchev–Trinajstić information content (AvgIpc) is 3.45. The highest BCUT2D eigenvalue weighted by Crippen LogP contribution is 2.26. The molecule has 0 aliphatic heterocycles. The summed E-state index contributed by atoms with van der Waals surface area (Å²) in [7, 11) is 1.47. The normalized spacial score (nSPS) is 9.21. The number of hydrogen-bond acceptors (Lipinski definition) is 21. The van der Waals surface area contributed by atoms with E-state index >= 15 is 0 Å². The Morgan fingerprint density at radius 3 is 0.821 bits per heavy atom. The summed E-state index contributed by atoms with van der Waals surface area (Å²) in [4.78, 5) is 6.13. The first kappa shape index (κ1) is 73.9. The van der Waals surface area contributed by atoms with Gasteiger partial charge in [0.25, 0.3) is 0 Å². The number of aromatic hydroxyl groups is 13. The Labute approximate surface area is 527 Å². The van der Waals surface area contributed by atoms with Gasteiger partial charge in [0.2, 0.25) is 0 Å². The lowest BCUT2D eigenvalue weighted by Gasteiger charge is -1.99. The van der Waals surface area contributed by atoms with Crippen LogP contribution in [0.3, 0.4) is 0 Å². The van der Waals surface area contributed by atoms with E-state index < -0.39 is 0 Å². The number of para-hydroxylation sites is 3. The maximum absolute atomic E-state index is 8.94. The molecular formula is C63H66O14S7. The lowest BCUT2D eigenvalue weighted by atomic mass is 10.2. The molecule has 0 bridgehead atoms. The maximum Gasteiger partial charge on any atom is 0.157 e. The van der Waals surface area contributed by atoms with Crippen LogP contribution in [-0.4, -0.2) is 73.5 Å². The standard InChI is InChI=1S/C7H8O3.2C7H8O2.2C6H6O2.3C6H6OS.2C6H6S2/c1-10-7-3-5(8)2-6(9)4-7;1-5-2-6(8)4-7(9)3-5;1-5-6(8)3-2-4-7(5)9;7-5-1-2-6(8)4-3-5;7-5-3-1-2-4-6(5)8;7-5-1-3-6(8)4-2-5;7-5-2-1-3-6(8)4-5;7-5-3-1-2-4-6(5)8;7-5-1-2-6(8)4-3-5;7-5-2-1-3-6(8)4-5/h2-4,8-9H,1H3;2*2-4,8-9H,1H3;7*1-4,7-8H. The molecular weight excluding hydrogens is 1210 g/mol. The van der Waals surface area contributed by atoms with E-state index in [1.54, 1.807) is 105 Å². The van der Waals surface area contributed by atoms with Crippen molar-refractivity contribution in [2.24, 2.45) is 0 Å². The van der Waals surface area contributed by atoms with Gasteiger partial charge in [-0.25, -0.2) is 0 Å². The van der Waals surface area contributed by atoms with E-state index in [0.29, 0.717) is 16.2 Å². The molecule has 13 N–H and O–H groups in total. The Balaban J connectivity index is 0.000000467. The highest BCUT2D eigenvalue weighted by molar-refractivity contribution is 7.81. The minimum atomic E-state index is -0.0764. The Morgan fingerprint density at radius 2 is 0.560 bits per heavy atom. The van der Waals surface area contributed by atoms with Gasteiger partial charge in [-0.05, 0) is 177 Å². The lowest BCUT2D eigenvalue weighted by Crippen LogP contribution is -1.80. The molecule has 21 heteroatoms. The smallest absolute Gasteiger partial charge is 0.157 e. The molecule has 10 aromatic rings. The minimum absolute atomic E-state index is 0.00292. The predicted octanol–water partition coefficient (Wildman–Crippen LogP) is 15.7. The summed E-state index contributed by atoms with van der Waals surface area (Å²) in [5.41, 5.74) is 1.38. The van der Waals surface area contributed by atoms with Crippen molar-refractivity contribution in [3.8, 4) is 80.5 Å². The molecule has 0 aliphatic rings. The first-order valence-corrected chi connectivity index (χ1v) is 27.2. The van der Waals surface area contributed by atoms with Crippen LogP contribution in [0.5, 0.6) is 80.5 Å². The molecule has 10 rings (SSSR count). The van der Waals surface area contributed by atoms with Gasteiger partial charge in [0.1, 0.15) is 69.0 Å². The van der Waals surface area contributed by atoms with Crippen molar-refractivity contribution in [2.45, 2.75) is 48.1 Å². The maximum atomic E-state index is 8.94. The zero-order valence-electron chi connectivity index (χ0n) is 45.2. The second-order valence-electron chi connectivity index (χ2n) is 16.4. The van der Waals surface area contributed by atoms with E-state index in [4.69, 9.17) is 71.1 Å². The molecule has 0 fully saturated rings. The molecule has 0 aromatic heterocycles. The monoisotopic (exact) mass is 1270 g/mol. The van der Waals surface area contributed by atoms with Gasteiger partial charge < -0.3 is 71.1 Å². The van der Waals surface area contributed by atoms with Crippen LogP contribution >= 0.6 is 88.4 Å². The van der Waals surface area contributed by atoms with Gasteiger partial charge in [0.05, 0.1) is 7.11 Å². The Kier molecular flexibility index (Phi) is 36.7. The molecule has 0 saturated carbocycles. The first-order valence-electron chi connectivity index (χ1n) is 24.1. The number of phenols is 13. The summed E-state index contributed by atoms with van der Waals surface area (Å²) in [6.07, 6.45) is 0. The van der Waals surface area contributed by atoms with Crippen molar-refractivity contribution in [3.05, 3.63) is 236 Å². The van der Waals surface area contributed by atoms with Crippen LogP contribution in [0.2, 0.25) is 0 Å². The summed E-state index contributed by atoms with van der Waals surface area (Å²) in [6.45, 7) is 3.46. The van der Waals surface area contributed by atoms with Crippen molar-refractivity contribution < 1.29 is 71.1 Å². The fourth-order valence-corrected chi connectivity index (χ4v) is 6.69. The van der Waals surface area contributed by atoms with Crippen LogP contribution in [0.1, 0.15) is 11.1 Å².